The number of aliphatic hydroxyl groups is 1. The molecule has 1 aromatic heterocycles. The maximum Gasteiger partial charge on any atom is 0.174 e. The van der Waals surface area contributed by atoms with Crippen molar-refractivity contribution >= 4 is 0 Å². The summed E-state index contributed by atoms with van der Waals surface area (Å²) in [5.41, 5.74) is 0.800. The second-order valence-corrected chi connectivity index (χ2v) is 3.73. The fourth-order valence-corrected chi connectivity index (χ4v) is 1.57. The van der Waals surface area contributed by atoms with E-state index in [-0.39, 0.29) is 0 Å². The Bertz CT molecular complexity index is 453. The summed E-state index contributed by atoms with van der Waals surface area (Å²) in [5, 5.41) is 13.5. The molecule has 4 nitrogen and oxygen atoms in total. The summed E-state index contributed by atoms with van der Waals surface area (Å²) in [5.74, 6) is 1.34. The van der Waals surface area contributed by atoms with Crippen LogP contribution in [0.4, 0.5) is 0 Å². The van der Waals surface area contributed by atoms with Gasteiger partial charge in [-0.15, -0.1) is 0 Å². The van der Waals surface area contributed by atoms with Crippen LogP contribution < -0.4 is 4.74 Å². The molecule has 0 aliphatic heterocycles. The van der Waals surface area contributed by atoms with Gasteiger partial charge >= 0.3 is 0 Å². The largest absolute Gasteiger partial charge is 0.485 e. The summed E-state index contributed by atoms with van der Waals surface area (Å²) >= 11 is 0. The standard InChI is InChI=1S/C13H15NO3/c1-2-12(15)11-5-3-4-6-13(11)16-9-10-7-8-14-17-10/h3-8,12,15H,2,9H2,1H3. The third kappa shape index (κ3) is 2.85. The smallest absolute Gasteiger partial charge is 0.174 e. The van der Waals surface area contributed by atoms with Crippen molar-refractivity contribution in [2.45, 2.75) is 26.1 Å². The van der Waals surface area contributed by atoms with E-state index in [1.165, 1.54) is 0 Å². The van der Waals surface area contributed by atoms with Gasteiger partial charge < -0.3 is 14.4 Å². The second-order valence-electron chi connectivity index (χ2n) is 3.73. The van der Waals surface area contributed by atoms with E-state index in [0.29, 0.717) is 24.5 Å². The number of rotatable bonds is 5. The summed E-state index contributed by atoms with van der Waals surface area (Å²) in [6, 6.07) is 9.21. The molecule has 17 heavy (non-hydrogen) atoms. The highest BCUT2D eigenvalue weighted by Gasteiger charge is 2.11. The molecule has 0 aliphatic carbocycles. The minimum absolute atomic E-state index is 0.313. The van der Waals surface area contributed by atoms with Crippen LogP contribution >= 0.6 is 0 Å². The minimum atomic E-state index is -0.499. The molecule has 0 fully saturated rings. The molecule has 0 saturated heterocycles. The quantitative estimate of drug-likeness (QED) is 0.862. The minimum Gasteiger partial charge on any atom is -0.485 e. The zero-order valence-electron chi connectivity index (χ0n) is 9.67. The topological polar surface area (TPSA) is 55.5 Å². The van der Waals surface area contributed by atoms with Crippen molar-refractivity contribution in [3.05, 3.63) is 47.9 Å². The molecule has 1 atom stereocenters. The number of nitrogens with zero attached hydrogens (tertiary/aromatic N) is 1. The highest BCUT2D eigenvalue weighted by molar-refractivity contribution is 5.35. The van der Waals surface area contributed by atoms with E-state index in [4.69, 9.17) is 9.26 Å². The lowest BCUT2D eigenvalue weighted by Crippen LogP contribution is -2.01. The van der Waals surface area contributed by atoms with Crippen molar-refractivity contribution in [3.8, 4) is 5.75 Å². The van der Waals surface area contributed by atoms with Gasteiger partial charge in [-0.05, 0) is 12.5 Å². The lowest BCUT2D eigenvalue weighted by atomic mass is 10.1. The SMILES string of the molecule is CCC(O)c1ccccc1OCc1ccno1. The molecule has 0 amide bonds. The Kier molecular flexibility index (Phi) is 3.77. The molecule has 0 saturated carbocycles. The highest BCUT2D eigenvalue weighted by atomic mass is 16.5. The van der Waals surface area contributed by atoms with E-state index in [2.05, 4.69) is 5.16 Å². The molecular formula is C13H15NO3. The van der Waals surface area contributed by atoms with Crippen molar-refractivity contribution in [2.75, 3.05) is 0 Å². The fourth-order valence-electron chi connectivity index (χ4n) is 1.57. The summed E-state index contributed by atoms with van der Waals surface area (Å²) in [6.07, 6.45) is 1.73. The van der Waals surface area contributed by atoms with Gasteiger partial charge in [0.05, 0.1) is 12.3 Å². The van der Waals surface area contributed by atoms with Gasteiger partial charge in [-0.2, -0.15) is 0 Å². The van der Waals surface area contributed by atoms with Crippen LogP contribution in [0.2, 0.25) is 0 Å². The third-order valence-corrected chi connectivity index (χ3v) is 2.53. The van der Waals surface area contributed by atoms with Crippen molar-refractivity contribution in [2.24, 2.45) is 0 Å². The number of para-hydroxylation sites is 1. The Morgan fingerprint density at radius 2 is 2.18 bits per heavy atom. The average Bonchev–Trinajstić information content (AvgIpc) is 2.89. The van der Waals surface area contributed by atoms with Gasteiger partial charge in [0.25, 0.3) is 0 Å². The average molecular weight is 233 g/mol. The van der Waals surface area contributed by atoms with Gasteiger partial charge in [0.2, 0.25) is 0 Å². The Labute approximate surface area is 99.8 Å². The lowest BCUT2D eigenvalue weighted by molar-refractivity contribution is 0.164. The molecule has 1 aromatic carbocycles. The number of aliphatic hydroxyl groups excluding tert-OH is 1. The van der Waals surface area contributed by atoms with Gasteiger partial charge in [-0.1, -0.05) is 30.3 Å². The Morgan fingerprint density at radius 1 is 1.35 bits per heavy atom. The van der Waals surface area contributed by atoms with E-state index < -0.39 is 6.10 Å². The zero-order valence-corrected chi connectivity index (χ0v) is 9.67. The predicted molar refractivity (Wildman–Crippen MR) is 62.5 cm³/mol. The molecule has 1 unspecified atom stereocenters. The summed E-state index contributed by atoms with van der Waals surface area (Å²) in [7, 11) is 0. The summed E-state index contributed by atoms with van der Waals surface area (Å²) in [6.45, 7) is 2.24. The summed E-state index contributed by atoms with van der Waals surface area (Å²) in [4.78, 5) is 0. The van der Waals surface area contributed by atoms with E-state index in [9.17, 15) is 5.11 Å². The van der Waals surface area contributed by atoms with Crippen molar-refractivity contribution in [3.63, 3.8) is 0 Å². The van der Waals surface area contributed by atoms with Crippen molar-refractivity contribution in [1.29, 1.82) is 0 Å². The van der Waals surface area contributed by atoms with Gasteiger partial charge in [0, 0.05) is 11.6 Å². The monoisotopic (exact) mass is 233 g/mol. The Hall–Kier alpha value is -1.81. The van der Waals surface area contributed by atoms with Crippen LogP contribution in [0.5, 0.6) is 5.75 Å². The second kappa shape index (κ2) is 5.50. The van der Waals surface area contributed by atoms with Crippen LogP contribution in [0.25, 0.3) is 0 Å². The Balaban J connectivity index is 2.09. The van der Waals surface area contributed by atoms with Crippen LogP contribution in [0, 0.1) is 0 Å². The molecule has 4 heteroatoms. The van der Waals surface area contributed by atoms with E-state index in [0.717, 1.165) is 5.56 Å². The molecular weight excluding hydrogens is 218 g/mol. The lowest BCUT2D eigenvalue weighted by Gasteiger charge is -2.13. The first-order valence-electron chi connectivity index (χ1n) is 5.60. The first kappa shape index (κ1) is 11.7. The van der Waals surface area contributed by atoms with E-state index >= 15 is 0 Å². The van der Waals surface area contributed by atoms with Crippen molar-refractivity contribution in [1.82, 2.24) is 5.16 Å². The fraction of sp³-hybridized carbons (Fsp3) is 0.308. The van der Waals surface area contributed by atoms with Crippen LogP contribution in [0.1, 0.15) is 30.8 Å². The zero-order chi connectivity index (χ0) is 12.1. The van der Waals surface area contributed by atoms with Crippen LogP contribution in [0.3, 0.4) is 0 Å². The molecule has 0 spiro atoms. The number of benzene rings is 1. The first-order chi connectivity index (χ1) is 8.31. The number of ether oxygens (including phenoxy) is 1. The molecule has 1 N–H and O–H groups in total. The molecule has 0 radical (unpaired) electrons. The van der Waals surface area contributed by atoms with E-state index in [1.807, 2.05) is 31.2 Å². The molecule has 0 bridgehead atoms. The maximum absolute atomic E-state index is 9.85. The van der Waals surface area contributed by atoms with Gasteiger partial charge in [-0.3, -0.25) is 0 Å². The van der Waals surface area contributed by atoms with Gasteiger partial charge in [-0.25, -0.2) is 0 Å². The van der Waals surface area contributed by atoms with Crippen LogP contribution in [-0.4, -0.2) is 10.3 Å². The van der Waals surface area contributed by atoms with Crippen LogP contribution in [-0.2, 0) is 6.61 Å². The summed E-state index contributed by atoms with van der Waals surface area (Å²) < 4.78 is 10.6. The number of aromatic nitrogens is 1. The van der Waals surface area contributed by atoms with Crippen LogP contribution in [0.15, 0.2) is 41.1 Å². The normalized spacial score (nSPS) is 12.4. The highest BCUT2D eigenvalue weighted by Crippen LogP contribution is 2.27. The first-order valence-corrected chi connectivity index (χ1v) is 5.60. The molecule has 2 aromatic rings. The van der Waals surface area contributed by atoms with Gasteiger partial charge in [0.1, 0.15) is 12.4 Å². The molecule has 90 valence electrons. The van der Waals surface area contributed by atoms with E-state index in [1.54, 1.807) is 12.3 Å². The molecule has 2 rings (SSSR count). The van der Waals surface area contributed by atoms with Crippen molar-refractivity contribution < 1.29 is 14.4 Å². The van der Waals surface area contributed by atoms with Gasteiger partial charge in [0.15, 0.2) is 5.76 Å². The number of hydrogen-bond donors (Lipinski definition) is 1. The maximum atomic E-state index is 9.85. The predicted octanol–water partition coefficient (Wildman–Crippen LogP) is 2.70. The third-order valence-electron chi connectivity index (χ3n) is 2.53. The molecule has 0 aliphatic rings. The number of hydrogen-bond acceptors (Lipinski definition) is 4. The Morgan fingerprint density at radius 3 is 2.88 bits per heavy atom. The molecule has 1 heterocycles.